The Bertz CT molecular complexity index is 418. The fourth-order valence-electron chi connectivity index (χ4n) is 1.31. The van der Waals surface area contributed by atoms with Gasteiger partial charge in [-0.15, -0.1) is 0 Å². The van der Waals surface area contributed by atoms with Crippen LogP contribution in [0.25, 0.3) is 5.65 Å². The second-order valence-electron chi connectivity index (χ2n) is 2.92. The van der Waals surface area contributed by atoms with Crippen molar-refractivity contribution in [2.45, 2.75) is 13.3 Å². The number of imidazole rings is 1. The first-order valence-corrected chi connectivity index (χ1v) is 4.35. The van der Waals surface area contributed by atoms with Gasteiger partial charge in [-0.1, -0.05) is 6.92 Å². The smallest absolute Gasteiger partial charge is 0.140 e. The molecule has 0 amide bonds. The molecule has 0 radical (unpaired) electrons. The third-order valence-corrected chi connectivity index (χ3v) is 2.08. The lowest BCUT2D eigenvalue weighted by Gasteiger charge is -1.98. The van der Waals surface area contributed by atoms with Crippen molar-refractivity contribution < 1.29 is 4.74 Å². The number of ether oxygens (including phenoxy) is 1. The van der Waals surface area contributed by atoms with Crippen molar-refractivity contribution in [1.82, 2.24) is 9.38 Å². The summed E-state index contributed by atoms with van der Waals surface area (Å²) in [6.45, 7) is 2.10. The molecular formula is C10H12N2O. The van der Waals surface area contributed by atoms with Crippen molar-refractivity contribution in [3.63, 3.8) is 0 Å². The quantitative estimate of drug-likeness (QED) is 0.698. The van der Waals surface area contributed by atoms with Crippen LogP contribution in [-0.2, 0) is 6.42 Å². The predicted octanol–water partition coefficient (Wildman–Crippen LogP) is 1.91. The average molecular weight is 176 g/mol. The largest absolute Gasteiger partial charge is 0.497 e. The van der Waals surface area contributed by atoms with E-state index in [-0.39, 0.29) is 0 Å². The van der Waals surface area contributed by atoms with E-state index in [9.17, 15) is 0 Å². The molecule has 0 saturated heterocycles. The molecule has 0 fully saturated rings. The number of fused-ring (bicyclic) bond motifs is 1. The summed E-state index contributed by atoms with van der Waals surface area (Å²) >= 11 is 0. The molecule has 2 heterocycles. The van der Waals surface area contributed by atoms with Crippen LogP contribution >= 0.6 is 0 Å². The lowest BCUT2D eigenvalue weighted by molar-refractivity contribution is 0.414. The Kier molecular flexibility index (Phi) is 1.93. The van der Waals surface area contributed by atoms with Crippen molar-refractivity contribution in [3.05, 3.63) is 30.2 Å². The fourth-order valence-corrected chi connectivity index (χ4v) is 1.31. The van der Waals surface area contributed by atoms with Gasteiger partial charge in [-0.2, -0.15) is 0 Å². The standard InChI is InChI=1S/C10H12N2O/c1-3-8-7-12-5-4-9(13-2)6-10(12)11-8/h4-7H,3H2,1-2H3. The fraction of sp³-hybridized carbons (Fsp3) is 0.300. The summed E-state index contributed by atoms with van der Waals surface area (Å²) in [6, 6.07) is 3.85. The molecule has 13 heavy (non-hydrogen) atoms. The van der Waals surface area contributed by atoms with E-state index in [0.29, 0.717) is 0 Å². The molecule has 0 saturated carbocycles. The molecule has 3 nitrogen and oxygen atoms in total. The van der Waals surface area contributed by atoms with Gasteiger partial charge >= 0.3 is 0 Å². The Balaban J connectivity index is 2.57. The van der Waals surface area contributed by atoms with E-state index in [1.54, 1.807) is 7.11 Å². The van der Waals surface area contributed by atoms with Gasteiger partial charge in [0.05, 0.1) is 12.8 Å². The Morgan fingerprint density at radius 3 is 3.08 bits per heavy atom. The highest BCUT2D eigenvalue weighted by Gasteiger charge is 2.00. The van der Waals surface area contributed by atoms with E-state index in [0.717, 1.165) is 23.5 Å². The number of pyridine rings is 1. The minimum atomic E-state index is 0.848. The van der Waals surface area contributed by atoms with E-state index >= 15 is 0 Å². The van der Waals surface area contributed by atoms with Gasteiger partial charge in [0.15, 0.2) is 0 Å². The summed E-state index contributed by atoms with van der Waals surface area (Å²) in [5, 5.41) is 0. The zero-order chi connectivity index (χ0) is 9.26. The summed E-state index contributed by atoms with van der Waals surface area (Å²) in [4.78, 5) is 4.42. The molecule has 0 aliphatic heterocycles. The number of aryl methyl sites for hydroxylation is 1. The van der Waals surface area contributed by atoms with Crippen LogP contribution < -0.4 is 4.74 Å². The molecule has 0 unspecified atom stereocenters. The topological polar surface area (TPSA) is 26.5 Å². The lowest BCUT2D eigenvalue weighted by atomic mass is 10.4. The molecule has 2 aromatic heterocycles. The first-order chi connectivity index (χ1) is 6.33. The maximum Gasteiger partial charge on any atom is 0.140 e. The van der Waals surface area contributed by atoms with E-state index in [1.807, 2.05) is 28.9 Å². The average Bonchev–Trinajstić information content (AvgIpc) is 2.58. The SMILES string of the molecule is CCc1cn2ccc(OC)cc2n1. The molecule has 0 spiro atoms. The summed E-state index contributed by atoms with van der Waals surface area (Å²) < 4.78 is 7.11. The summed E-state index contributed by atoms with van der Waals surface area (Å²) in [5.41, 5.74) is 2.05. The maximum absolute atomic E-state index is 5.11. The minimum absolute atomic E-state index is 0.848. The van der Waals surface area contributed by atoms with Crippen molar-refractivity contribution in [3.8, 4) is 5.75 Å². The monoisotopic (exact) mass is 176 g/mol. The Morgan fingerprint density at radius 2 is 2.38 bits per heavy atom. The van der Waals surface area contributed by atoms with Crippen LogP contribution in [0.5, 0.6) is 5.75 Å². The van der Waals surface area contributed by atoms with E-state index in [4.69, 9.17) is 4.74 Å². The van der Waals surface area contributed by atoms with Crippen LogP contribution in [0.2, 0.25) is 0 Å². The van der Waals surface area contributed by atoms with Crippen LogP contribution in [0.3, 0.4) is 0 Å². The second-order valence-corrected chi connectivity index (χ2v) is 2.92. The highest BCUT2D eigenvalue weighted by molar-refractivity contribution is 5.45. The highest BCUT2D eigenvalue weighted by Crippen LogP contribution is 2.13. The van der Waals surface area contributed by atoms with E-state index < -0.39 is 0 Å². The third-order valence-electron chi connectivity index (χ3n) is 2.08. The van der Waals surface area contributed by atoms with Crippen molar-refractivity contribution in [1.29, 1.82) is 0 Å². The van der Waals surface area contributed by atoms with E-state index in [2.05, 4.69) is 11.9 Å². The first kappa shape index (κ1) is 8.10. The van der Waals surface area contributed by atoms with Gasteiger partial charge in [0, 0.05) is 18.5 Å². The van der Waals surface area contributed by atoms with Crippen molar-refractivity contribution in [2.24, 2.45) is 0 Å². The van der Waals surface area contributed by atoms with Crippen LogP contribution in [0, 0.1) is 0 Å². The Morgan fingerprint density at radius 1 is 1.54 bits per heavy atom. The lowest BCUT2D eigenvalue weighted by Crippen LogP contribution is -1.86. The first-order valence-electron chi connectivity index (χ1n) is 4.35. The van der Waals surface area contributed by atoms with E-state index in [1.165, 1.54) is 0 Å². The molecular weight excluding hydrogens is 164 g/mol. The molecule has 0 N–H and O–H groups in total. The van der Waals surface area contributed by atoms with Gasteiger partial charge in [0.1, 0.15) is 11.4 Å². The summed E-state index contributed by atoms with van der Waals surface area (Å²) in [6.07, 6.45) is 4.96. The van der Waals surface area contributed by atoms with Crippen molar-refractivity contribution in [2.75, 3.05) is 7.11 Å². The summed E-state index contributed by atoms with van der Waals surface area (Å²) in [7, 11) is 1.66. The molecule has 0 bridgehead atoms. The molecule has 2 rings (SSSR count). The molecule has 3 heteroatoms. The normalized spacial score (nSPS) is 10.6. The van der Waals surface area contributed by atoms with Crippen LogP contribution in [0.1, 0.15) is 12.6 Å². The molecule has 68 valence electrons. The zero-order valence-corrected chi connectivity index (χ0v) is 7.82. The maximum atomic E-state index is 5.11. The Hall–Kier alpha value is -1.51. The number of hydrogen-bond donors (Lipinski definition) is 0. The highest BCUT2D eigenvalue weighted by atomic mass is 16.5. The molecule has 0 aromatic carbocycles. The van der Waals surface area contributed by atoms with Crippen LogP contribution in [0.4, 0.5) is 0 Å². The molecule has 0 aliphatic rings. The number of nitrogens with zero attached hydrogens (tertiary/aromatic N) is 2. The Labute approximate surface area is 77.0 Å². The number of hydrogen-bond acceptors (Lipinski definition) is 2. The van der Waals surface area contributed by atoms with Gasteiger partial charge in [-0.05, 0) is 12.5 Å². The molecule has 2 aromatic rings. The van der Waals surface area contributed by atoms with Gasteiger partial charge < -0.3 is 9.14 Å². The third kappa shape index (κ3) is 1.37. The second kappa shape index (κ2) is 3.09. The summed E-state index contributed by atoms with van der Waals surface area (Å²) in [5.74, 6) is 0.848. The van der Waals surface area contributed by atoms with Crippen LogP contribution in [0.15, 0.2) is 24.5 Å². The predicted molar refractivity (Wildman–Crippen MR) is 51.1 cm³/mol. The minimum Gasteiger partial charge on any atom is -0.497 e. The van der Waals surface area contributed by atoms with Gasteiger partial charge in [-0.3, -0.25) is 0 Å². The van der Waals surface area contributed by atoms with Gasteiger partial charge in [0.25, 0.3) is 0 Å². The number of rotatable bonds is 2. The number of aromatic nitrogens is 2. The van der Waals surface area contributed by atoms with Gasteiger partial charge in [-0.25, -0.2) is 4.98 Å². The van der Waals surface area contributed by atoms with Crippen molar-refractivity contribution >= 4 is 5.65 Å². The molecule has 0 aliphatic carbocycles. The van der Waals surface area contributed by atoms with Crippen LogP contribution in [-0.4, -0.2) is 16.5 Å². The molecule has 0 atom stereocenters. The van der Waals surface area contributed by atoms with Gasteiger partial charge in [0.2, 0.25) is 0 Å². The zero-order valence-electron chi connectivity index (χ0n) is 7.82. The number of methoxy groups -OCH3 is 1.